The zero-order chi connectivity index (χ0) is 15.6. The van der Waals surface area contributed by atoms with E-state index in [0.29, 0.717) is 35.9 Å². The number of nitrogens with two attached hydrogens (primary N) is 1. The van der Waals surface area contributed by atoms with Crippen molar-refractivity contribution in [2.75, 3.05) is 34.4 Å². The molecule has 21 heavy (non-hydrogen) atoms. The molecule has 2 N–H and O–H groups in total. The first-order valence-electron chi connectivity index (χ1n) is 6.86. The third kappa shape index (κ3) is 2.63. The van der Waals surface area contributed by atoms with Crippen molar-refractivity contribution in [3.63, 3.8) is 0 Å². The number of likely N-dealkylation sites (tertiary alicyclic amines) is 1. The average molecular weight is 294 g/mol. The van der Waals surface area contributed by atoms with Crippen LogP contribution in [0.4, 0.5) is 0 Å². The van der Waals surface area contributed by atoms with Crippen LogP contribution in [0.15, 0.2) is 12.1 Å². The quantitative estimate of drug-likeness (QED) is 0.885. The Bertz CT molecular complexity index is 539. The molecule has 6 heteroatoms. The van der Waals surface area contributed by atoms with Gasteiger partial charge in [0.1, 0.15) is 0 Å². The van der Waals surface area contributed by atoms with Gasteiger partial charge >= 0.3 is 0 Å². The summed E-state index contributed by atoms with van der Waals surface area (Å²) in [5.74, 6) is 1.22. The maximum absolute atomic E-state index is 12.6. The number of carbonyl (C=O) groups is 1. The Morgan fingerprint density at radius 1 is 1.19 bits per heavy atom. The SMILES string of the molecule is CCC1(N)CN(C(=O)c2ccc(OC)c(OC)c2OC)C1. The summed E-state index contributed by atoms with van der Waals surface area (Å²) in [6.45, 7) is 3.14. The number of hydrogen-bond acceptors (Lipinski definition) is 5. The van der Waals surface area contributed by atoms with E-state index in [1.165, 1.54) is 21.3 Å². The Hall–Kier alpha value is -1.95. The van der Waals surface area contributed by atoms with Crippen molar-refractivity contribution < 1.29 is 19.0 Å². The second kappa shape index (κ2) is 5.81. The lowest BCUT2D eigenvalue weighted by Crippen LogP contribution is -2.68. The molecule has 1 heterocycles. The fourth-order valence-electron chi connectivity index (χ4n) is 2.52. The molecule has 0 atom stereocenters. The molecule has 1 aliphatic rings. The fraction of sp³-hybridized carbons (Fsp3) is 0.533. The highest BCUT2D eigenvalue weighted by Crippen LogP contribution is 2.40. The van der Waals surface area contributed by atoms with Gasteiger partial charge in [-0.05, 0) is 18.6 Å². The van der Waals surface area contributed by atoms with E-state index < -0.39 is 0 Å². The van der Waals surface area contributed by atoms with E-state index in [9.17, 15) is 4.79 Å². The summed E-state index contributed by atoms with van der Waals surface area (Å²) in [7, 11) is 4.56. The molecular weight excluding hydrogens is 272 g/mol. The van der Waals surface area contributed by atoms with Gasteiger partial charge in [-0.1, -0.05) is 6.92 Å². The van der Waals surface area contributed by atoms with E-state index in [4.69, 9.17) is 19.9 Å². The molecule has 1 fully saturated rings. The Kier molecular flexibility index (Phi) is 4.27. The van der Waals surface area contributed by atoms with Gasteiger partial charge in [-0.25, -0.2) is 0 Å². The maximum Gasteiger partial charge on any atom is 0.257 e. The normalized spacial score (nSPS) is 16.1. The minimum Gasteiger partial charge on any atom is -0.493 e. The van der Waals surface area contributed by atoms with Gasteiger partial charge in [0.2, 0.25) is 5.75 Å². The van der Waals surface area contributed by atoms with Gasteiger partial charge in [-0.2, -0.15) is 0 Å². The smallest absolute Gasteiger partial charge is 0.257 e. The van der Waals surface area contributed by atoms with Crippen molar-refractivity contribution >= 4 is 5.91 Å². The Balaban J connectivity index is 2.30. The number of ether oxygens (including phenoxy) is 3. The highest BCUT2D eigenvalue weighted by Gasteiger charge is 2.41. The van der Waals surface area contributed by atoms with Crippen LogP contribution in [0.1, 0.15) is 23.7 Å². The van der Waals surface area contributed by atoms with Crippen LogP contribution in [0.5, 0.6) is 17.2 Å². The summed E-state index contributed by atoms with van der Waals surface area (Å²) in [6.07, 6.45) is 0.847. The molecular formula is C15H22N2O4. The summed E-state index contributed by atoms with van der Waals surface area (Å²) in [5.41, 5.74) is 6.30. The standard InChI is InChI=1S/C15H22N2O4/c1-5-15(16)8-17(9-15)14(18)10-6-7-11(19-2)13(21-4)12(10)20-3/h6-7H,5,8-9,16H2,1-4H3. The maximum atomic E-state index is 12.6. The third-order valence-electron chi connectivity index (χ3n) is 3.94. The molecule has 0 saturated carbocycles. The predicted molar refractivity (Wildman–Crippen MR) is 79.2 cm³/mol. The van der Waals surface area contributed by atoms with Crippen LogP contribution in [0.3, 0.4) is 0 Å². The predicted octanol–water partition coefficient (Wildman–Crippen LogP) is 1.28. The first kappa shape index (κ1) is 15.4. The minimum atomic E-state index is -0.264. The second-order valence-electron chi connectivity index (χ2n) is 5.26. The van der Waals surface area contributed by atoms with Crippen molar-refractivity contribution in [1.29, 1.82) is 0 Å². The molecule has 0 unspecified atom stereocenters. The summed E-state index contributed by atoms with van der Waals surface area (Å²) >= 11 is 0. The van der Waals surface area contributed by atoms with Crippen molar-refractivity contribution in [3.05, 3.63) is 17.7 Å². The zero-order valence-electron chi connectivity index (χ0n) is 12.9. The van der Waals surface area contributed by atoms with E-state index in [0.717, 1.165) is 6.42 Å². The van der Waals surface area contributed by atoms with Crippen LogP contribution in [0.2, 0.25) is 0 Å². The first-order valence-corrected chi connectivity index (χ1v) is 6.86. The first-order chi connectivity index (χ1) is 9.99. The van der Waals surface area contributed by atoms with Crippen LogP contribution >= 0.6 is 0 Å². The lowest BCUT2D eigenvalue weighted by atomic mass is 9.87. The largest absolute Gasteiger partial charge is 0.493 e. The fourth-order valence-corrected chi connectivity index (χ4v) is 2.52. The van der Waals surface area contributed by atoms with E-state index in [-0.39, 0.29) is 11.4 Å². The van der Waals surface area contributed by atoms with Crippen LogP contribution < -0.4 is 19.9 Å². The lowest BCUT2D eigenvalue weighted by Gasteiger charge is -2.47. The number of benzene rings is 1. The van der Waals surface area contributed by atoms with Crippen LogP contribution in [-0.2, 0) is 0 Å². The zero-order valence-corrected chi connectivity index (χ0v) is 12.9. The number of nitrogens with zero attached hydrogens (tertiary/aromatic N) is 1. The molecule has 116 valence electrons. The average Bonchev–Trinajstić information content (AvgIpc) is 2.49. The van der Waals surface area contributed by atoms with Crippen LogP contribution in [-0.4, -0.2) is 50.8 Å². The van der Waals surface area contributed by atoms with Gasteiger partial charge < -0.3 is 24.8 Å². The molecule has 1 aliphatic heterocycles. The molecule has 0 aliphatic carbocycles. The molecule has 1 aromatic rings. The molecule has 0 bridgehead atoms. The Morgan fingerprint density at radius 2 is 1.81 bits per heavy atom. The minimum absolute atomic E-state index is 0.109. The van der Waals surface area contributed by atoms with Gasteiger partial charge in [-0.15, -0.1) is 0 Å². The van der Waals surface area contributed by atoms with Crippen molar-refractivity contribution in [2.24, 2.45) is 5.73 Å². The van der Waals surface area contributed by atoms with Gasteiger partial charge in [0, 0.05) is 13.1 Å². The van der Waals surface area contributed by atoms with Gasteiger partial charge in [0.05, 0.1) is 32.4 Å². The van der Waals surface area contributed by atoms with Gasteiger partial charge in [0.15, 0.2) is 11.5 Å². The highest BCUT2D eigenvalue weighted by molar-refractivity contribution is 5.99. The molecule has 1 saturated heterocycles. The van der Waals surface area contributed by atoms with Crippen molar-refractivity contribution in [2.45, 2.75) is 18.9 Å². The summed E-state index contributed by atoms with van der Waals surface area (Å²) in [4.78, 5) is 14.3. The Morgan fingerprint density at radius 3 is 2.29 bits per heavy atom. The summed E-state index contributed by atoms with van der Waals surface area (Å²) in [5, 5.41) is 0. The second-order valence-corrected chi connectivity index (χ2v) is 5.26. The van der Waals surface area contributed by atoms with Crippen molar-refractivity contribution in [3.8, 4) is 17.2 Å². The molecule has 0 aromatic heterocycles. The summed E-state index contributed by atoms with van der Waals surface area (Å²) < 4.78 is 15.9. The van der Waals surface area contributed by atoms with Gasteiger partial charge in [-0.3, -0.25) is 4.79 Å². The molecule has 1 amide bonds. The molecule has 0 spiro atoms. The van der Waals surface area contributed by atoms with Crippen LogP contribution in [0, 0.1) is 0 Å². The number of carbonyl (C=O) groups excluding carboxylic acids is 1. The highest BCUT2D eigenvalue weighted by atomic mass is 16.5. The van der Waals surface area contributed by atoms with Crippen molar-refractivity contribution in [1.82, 2.24) is 4.90 Å². The number of amides is 1. The molecule has 2 rings (SSSR count). The molecule has 0 radical (unpaired) electrons. The number of hydrogen-bond donors (Lipinski definition) is 1. The lowest BCUT2D eigenvalue weighted by molar-refractivity contribution is 0.0397. The number of methoxy groups -OCH3 is 3. The molecule has 1 aromatic carbocycles. The monoisotopic (exact) mass is 294 g/mol. The summed E-state index contributed by atoms with van der Waals surface area (Å²) in [6, 6.07) is 3.38. The van der Waals surface area contributed by atoms with E-state index in [2.05, 4.69) is 0 Å². The Labute approximate surface area is 124 Å². The topological polar surface area (TPSA) is 74.0 Å². The van der Waals surface area contributed by atoms with Gasteiger partial charge in [0.25, 0.3) is 5.91 Å². The van der Waals surface area contributed by atoms with E-state index >= 15 is 0 Å². The number of rotatable bonds is 5. The van der Waals surface area contributed by atoms with Crippen LogP contribution in [0.25, 0.3) is 0 Å². The van der Waals surface area contributed by atoms with E-state index in [1.54, 1.807) is 17.0 Å². The van der Waals surface area contributed by atoms with E-state index in [1.807, 2.05) is 6.92 Å². The molecule has 6 nitrogen and oxygen atoms in total. The third-order valence-corrected chi connectivity index (χ3v) is 3.94.